The molecule has 1 radical (unpaired) electrons. The highest BCUT2D eigenvalue weighted by Gasteiger charge is 2.05. The fraction of sp³-hybridized carbons (Fsp3) is 0.111. The number of aryl methyl sites for hydroxylation is 1. The van der Waals surface area contributed by atoms with Gasteiger partial charge in [-0.05, 0) is 18.6 Å². The first-order valence-electron chi connectivity index (χ1n) is 3.58. The van der Waals surface area contributed by atoms with Gasteiger partial charge in [-0.25, -0.2) is 4.98 Å². The summed E-state index contributed by atoms with van der Waals surface area (Å²) >= 11 is 0. The van der Waals surface area contributed by atoms with Crippen LogP contribution in [0.15, 0.2) is 12.1 Å². The normalized spacial score (nSPS) is 10.0. The maximum Gasteiger partial charge on any atom is 0.174 e. The van der Waals surface area contributed by atoms with E-state index in [1.165, 1.54) is 0 Å². The van der Waals surface area contributed by atoms with Crippen LogP contribution >= 0.6 is 0 Å². The molecule has 0 aliphatic heterocycles. The molecule has 3 nitrogen and oxygen atoms in total. The van der Waals surface area contributed by atoms with E-state index in [1.807, 2.05) is 19.1 Å². The molecule has 0 bridgehead atoms. The first-order chi connectivity index (χ1) is 5.83. The van der Waals surface area contributed by atoms with Crippen molar-refractivity contribution in [3.63, 3.8) is 0 Å². The van der Waals surface area contributed by atoms with Gasteiger partial charge >= 0.3 is 0 Å². The molecule has 0 aliphatic carbocycles. The molecule has 57 valence electrons. The zero-order chi connectivity index (χ0) is 8.55. The fourth-order valence-corrected chi connectivity index (χ4v) is 1.19. The lowest BCUT2D eigenvalue weighted by Crippen LogP contribution is -1.83. The minimum Gasteiger partial charge on any atom is -0.335 e. The van der Waals surface area contributed by atoms with Gasteiger partial charge in [0.15, 0.2) is 6.33 Å². The molecule has 0 unspecified atom stereocenters. The molecule has 1 aromatic carbocycles. The maximum atomic E-state index is 8.82. The average Bonchev–Trinajstić information content (AvgIpc) is 2.52. The van der Waals surface area contributed by atoms with E-state index in [2.05, 4.69) is 22.4 Å². The number of hydrogen-bond acceptors (Lipinski definition) is 2. The third-order valence-electron chi connectivity index (χ3n) is 1.86. The van der Waals surface area contributed by atoms with E-state index in [-0.39, 0.29) is 0 Å². The number of nitrogens with one attached hydrogen (secondary N) is 1. The van der Waals surface area contributed by atoms with Crippen molar-refractivity contribution in [3.8, 4) is 6.07 Å². The second-order valence-electron chi connectivity index (χ2n) is 2.61. The Balaban J connectivity index is 2.94. The third-order valence-corrected chi connectivity index (χ3v) is 1.86. The molecule has 3 heteroatoms. The molecule has 1 aromatic heterocycles. The lowest BCUT2D eigenvalue weighted by molar-refractivity contribution is 1.31. The summed E-state index contributed by atoms with van der Waals surface area (Å²) in [5.74, 6) is 0. The summed E-state index contributed by atoms with van der Waals surface area (Å²) in [6.45, 7) is 1.90. The number of aromatic amines is 1. The fourth-order valence-electron chi connectivity index (χ4n) is 1.19. The topological polar surface area (TPSA) is 52.5 Å². The van der Waals surface area contributed by atoms with Crippen LogP contribution in [0, 0.1) is 24.6 Å². The maximum absolute atomic E-state index is 8.82. The number of H-pyrrole nitrogens is 1. The number of hydrogen-bond donors (Lipinski definition) is 1. The average molecular weight is 156 g/mol. The van der Waals surface area contributed by atoms with E-state index in [4.69, 9.17) is 5.26 Å². The lowest BCUT2D eigenvalue weighted by atomic mass is 10.1. The Hall–Kier alpha value is -1.82. The van der Waals surface area contributed by atoms with Gasteiger partial charge in [0.05, 0.1) is 11.1 Å². The number of fused-ring (bicyclic) bond motifs is 1. The summed E-state index contributed by atoms with van der Waals surface area (Å²) in [4.78, 5) is 6.78. The Bertz CT molecular complexity index is 462. The highest BCUT2D eigenvalue weighted by Crippen LogP contribution is 2.17. The van der Waals surface area contributed by atoms with Crippen molar-refractivity contribution in [2.45, 2.75) is 6.92 Å². The van der Waals surface area contributed by atoms with Crippen LogP contribution in [0.2, 0.25) is 0 Å². The Labute approximate surface area is 69.7 Å². The van der Waals surface area contributed by atoms with Crippen molar-refractivity contribution < 1.29 is 0 Å². The molecule has 0 amide bonds. The van der Waals surface area contributed by atoms with Gasteiger partial charge in [0.1, 0.15) is 11.6 Å². The molecule has 0 spiro atoms. The van der Waals surface area contributed by atoms with Crippen LogP contribution in [0.4, 0.5) is 0 Å². The number of nitrogens with zero attached hydrogens (tertiary/aromatic N) is 2. The zero-order valence-corrected chi connectivity index (χ0v) is 6.55. The van der Waals surface area contributed by atoms with Gasteiger partial charge in [-0.1, -0.05) is 6.07 Å². The molecule has 1 heterocycles. The van der Waals surface area contributed by atoms with Crippen molar-refractivity contribution >= 4 is 11.0 Å². The minimum absolute atomic E-state index is 0.630. The highest BCUT2D eigenvalue weighted by atomic mass is 14.9. The van der Waals surface area contributed by atoms with E-state index >= 15 is 0 Å². The zero-order valence-electron chi connectivity index (χ0n) is 6.55. The van der Waals surface area contributed by atoms with Crippen LogP contribution in [0.1, 0.15) is 11.1 Å². The molecule has 0 aliphatic rings. The first-order valence-corrected chi connectivity index (χ1v) is 3.58. The highest BCUT2D eigenvalue weighted by molar-refractivity contribution is 5.82. The van der Waals surface area contributed by atoms with Crippen LogP contribution < -0.4 is 0 Å². The summed E-state index contributed by atoms with van der Waals surface area (Å²) in [5, 5.41) is 8.82. The van der Waals surface area contributed by atoms with E-state index in [9.17, 15) is 0 Å². The van der Waals surface area contributed by atoms with Gasteiger partial charge in [-0.15, -0.1) is 0 Å². The second kappa shape index (κ2) is 2.35. The van der Waals surface area contributed by atoms with Gasteiger partial charge in [0, 0.05) is 0 Å². The summed E-state index contributed by atoms with van der Waals surface area (Å²) in [7, 11) is 0. The molecule has 0 fully saturated rings. The van der Waals surface area contributed by atoms with Gasteiger partial charge in [0.25, 0.3) is 0 Å². The quantitative estimate of drug-likeness (QED) is 0.629. The van der Waals surface area contributed by atoms with E-state index < -0.39 is 0 Å². The number of nitriles is 1. The molecule has 0 saturated heterocycles. The van der Waals surface area contributed by atoms with Crippen molar-refractivity contribution in [1.29, 1.82) is 5.26 Å². The van der Waals surface area contributed by atoms with Gasteiger partial charge in [-0.3, -0.25) is 0 Å². The minimum atomic E-state index is 0.630. The van der Waals surface area contributed by atoms with Crippen molar-refractivity contribution in [1.82, 2.24) is 9.97 Å². The smallest absolute Gasteiger partial charge is 0.174 e. The molecule has 0 saturated carbocycles. The molecule has 0 atom stereocenters. The predicted octanol–water partition coefficient (Wildman–Crippen LogP) is 1.54. The number of rotatable bonds is 0. The number of imidazole rings is 1. The van der Waals surface area contributed by atoms with Crippen molar-refractivity contribution in [2.75, 3.05) is 0 Å². The van der Waals surface area contributed by atoms with Crippen molar-refractivity contribution in [3.05, 3.63) is 29.6 Å². The molecule has 1 N–H and O–H groups in total. The Morgan fingerprint density at radius 1 is 1.58 bits per heavy atom. The van der Waals surface area contributed by atoms with Crippen LogP contribution in [-0.4, -0.2) is 9.97 Å². The largest absolute Gasteiger partial charge is 0.335 e. The van der Waals surface area contributed by atoms with Gasteiger partial charge < -0.3 is 4.98 Å². The molecule has 12 heavy (non-hydrogen) atoms. The number of aromatic nitrogens is 2. The first kappa shape index (κ1) is 6.86. The van der Waals surface area contributed by atoms with Crippen LogP contribution in [0.25, 0.3) is 11.0 Å². The third kappa shape index (κ3) is 0.785. The summed E-state index contributed by atoms with van der Waals surface area (Å²) in [6, 6.07) is 5.92. The standard InChI is InChI=1S/C9H6N3/c1-6-2-3-8-9(7(6)4-10)12-5-11-8/h2-3H,1H3,(H,11,12). The molecule has 2 aromatic rings. The molecular weight excluding hydrogens is 150 g/mol. The van der Waals surface area contributed by atoms with Crippen LogP contribution in [0.3, 0.4) is 0 Å². The summed E-state index contributed by atoms with van der Waals surface area (Å²) in [6.07, 6.45) is 2.61. The van der Waals surface area contributed by atoms with Crippen LogP contribution in [-0.2, 0) is 0 Å². The monoisotopic (exact) mass is 156 g/mol. The second-order valence-corrected chi connectivity index (χ2v) is 2.61. The van der Waals surface area contributed by atoms with Crippen molar-refractivity contribution in [2.24, 2.45) is 0 Å². The molecular formula is C9H6N3. The SMILES string of the molecule is Cc1ccc2[nH][c]nc2c1C#N. The van der Waals surface area contributed by atoms with E-state index in [0.717, 1.165) is 11.1 Å². The van der Waals surface area contributed by atoms with E-state index in [0.29, 0.717) is 11.1 Å². The summed E-state index contributed by atoms with van der Waals surface area (Å²) < 4.78 is 0. The molecule has 2 rings (SSSR count). The predicted molar refractivity (Wildman–Crippen MR) is 44.4 cm³/mol. The van der Waals surface area contributed by atoms with Crippen LogP contribution in [0.5, 0.6) is 0 Å². The van der Waals surface area contributed by atoms with Gasteiger partial charge in [0.2, 0.25) is 0 Å². The van der Waals surface area contributed by atoms with Gasteiger partial charge in [-0.2, -0.15) is 5.26 Å². The number of benzene rings is 1. The Kier molecular flexibility index (Phi) is 1.34. The van der Waals surface area contributed by atoms with E-state index in [1.54, 1.807) is 0 Å². The lowest BCUT2D eigenvalue weighted by Gasteiger charge is -1.95. The Morgan fingerprint density at radius 3 is 3.17 bits per heavy atom. The Morgan fingerprint density at radius 2 is 2.42 bits per heavy atom. The summed E-state index contributed by atoms with van der Waals surface area (Å²) in [5.41, 5.74) is 3.14.